The van der Waals surface area contributed by atoms with Gasteiger partial charge in [-0.3, -0.25) is 4.79 Å². The maximum atomic E-state index is 13.1. The quantitative estimate of drug-likeness (QED) is 0.464. The zero-order chi connectivity index (χ0) is 19.9. The second-order valence-electron chi connectivity index (χ2n) is 6.15. The summed E-state index contributed by atoms with van der Waals surface area (Å²) in [4.78, 5) is 12.1. The fourth-order valence-electron chi connectivity index (χ4n) is 2.44. The molecular weight excluding hydrogens is 379 g/mol. The van der Waals surface area contributed by atoms with Gasteiger partial charge < -0.3 is 4.74 Å². The second-order valence-corrected chi connectivity index (χ2v) is 6.56. The second kappa shape index (κ2) is 9.15. The van der Waals surface area contributed by atoms with E-state index in [-0.39, 0.29) is 11.7 Å². The topological polar surface area (TPSA) is 50.7 Å². The van der Waals surface area contributed by atoms with Crippen molar-refractivity contribution in [2.45, 2.75) is 13.5 Å². The van der Waals surface area contributed by atoms with E-state index in [0.717, 1.165) is 16.9 Å². The number of amides is 1. The highest BCUT2D eigenvalue weighted by Gasteiger charge is 2.05. The van der Waals surface area contributed by atoms with Gasteiger partial charge in [0.2, 0.25) is 0 Å². The summed E-state index contributed by atoms with van der Waals surface area (Å²) in [6.07, 6.45) is 1.39. The van der Waals surface area contributed by atoms with E-state index in [4.69, 9.17) is 16.3 Å². The molecule has 0 bridgehead atoms. The SMILES string of the molecule is Cc1cc(OCc2ccc(C(=O)N/N=C\c3cccc(F)c3)cc2)ccc1Cl. The number of nitrogens with one attached hydrogen (secondary N) is 1. The van der Waals surface area contributed by atoms with Crippen LogP contribution in [0.4, 0.5) is 4.39 Å². The highest BCUT2D eigenvalue weighted by Crippen LogP contribution is 2.21. The zero-order valence-electron chi connectivity index (χ0n) is 15.2. The lowest BCUT2D eigenvalue weighted by atomic mass is 10.1. The number of ether oxygens (including phenoxy) is 1. The molecular formula is C22H18ClFN2O2. The van der Waals surface area contributed by atoms with Gasteiger partial charge in [0, 0.05) is 10.6 Å². The molecule has 4 nitrogen and oxygen atoms in total. The average molecular weight is 397 g/mol. The first kappa shape index (κ1) is 19.6. The third-order valence-electron chi connectivity index (χ3n) is 3.98. The van der Waals surface area contributed by atoms with E-state index >= 15 is 0 Å². The Bertz CT molecular complexity index is 1000. The van der Waals surface area contributed by atoms with Crippen LogP contribution in [0.25, 0.3) is 0 Å². The van der Waals surface area contributed by atoms with Crippen LogP contribution >= 0.6 is 11.6 Å². The summed E-state index contributed by atoms with van der Waals surface area (Å²) in [6, 6.07) is 18.4. The summed E-state index contributed by atoms with van der Waals surface area (Å²) >= 11 is 6.00. The monoisotopic (exact) mass is 396 g/mol. The molecule has 0 aliphatic carbocycles. The molecule has 1 amide bonds. The van der Waals surface area contributed by atoms with Crippen molar-refractivity contribution in [2.24, 2.45) is 5.10 Å². The molecule has 0 atom stereocenters. The predicted octanol–water partition coefficient (Wildman–Crippen LogP) is 5.13. The summed E-state index contributed by atoms with van der Waals surface area (Å²) in [6.45, 7) is 2.29. The Morgan fingerprint density at radius 3 is 2.64 bits per heavy atom. The number of hydrogen-bond acceptors (Lipinski definition) is 3. The number of carbonyl (C=O) groups is 1. The van der Waals surface area contributed by atoms with E-state index < -0.39 is 0 Å². The first-order valence-electron chi connectivity index (χ1n) is 8.58. The van der Waals surface area contributed by atoms with Gasteiger partial charge in [-0.2, -0.15) is 5.10 Å². The number of carbonyl (C=O) groups excluding carboxylic acids is 1. The highest BCUT2D eigenvalue weighted by molar-refractivity contribution is 6.31. The molecule has 0 fully saturated rings. The molecule has 28 heavy (non-hydrogen) atoms. The Kier molecular flexibility index (Phi) is 6.40. The number of hydrogen-bond donors (Lipinski definition) is 1. The van der Waals surface area contributed by atoms with Gasteiger partial charge in [0.15, 0.2) is 0 Å². The number of rotatable bonds is 6. The lowest BCUT2D eigenvalue weighted by Crippen LogP contribution is -2.17. The molecule has 0 aliphatic heterocycles. The third kappa shape index (κ3) is 5.41. The summed E-state index contributed by atoms with van der Waals surface area (Å²) in [5, 5.41) is 4.54. The van der Waals surface area contributed by atoms with Crippen molar-refractivity contribution in [2.75, 3.05) is 0 Å². The predicted molar refractivity (Wildman–Crippen MR) is 108 cm³/mol. The molecule has 0 saturated heterocycles. The van der Waals surface area contributed by atoms with Crippen LogP contribution in [-0.2, 0) is 6.61 Å². The third-order valence-corrected chi connectivity index (χ3v) is 4.40. The van der Waals surface area contributed by atoms with Crippen LogP contribution in [0, 0.1) is 12.7 Å². The molecule has 0 unspecified atom stereocenters. The minimum Gasteiger partial charge on any atom is -0.489 e. The molecule has 3 aromatic carbocycles. The lowest BCUT2D eigenvalue weighted by Gasteiger charge is -2.08. The standard InChI is InChI=1S/C22H18ClFN2O2/c1-15-11-20(9-10-21(15)23)28-14-16-5-7-18(8-6-16)22(27)26-25-13-17-3-2-4-19(24)12-17/h2-13H,14H2,1H3,(H,26,27)/b25-13-. The van der Waals surface area contributed by atoms with Gasteiger partial charge in [0.1, 0.15) is 18.2 Å². The van der Waals surface area contributed by atoms with Gasteiger partial charge in [-0.25, -0.2) is 9.82 Å². The average Bonchev–Trinajstić information content (AvgIpc) is 2.69. The highest BCUT2D eigenvalue weighted by atomic mass is 35.5. The van der Waals surface area contributed by atoms with Crippen molar-refractivity contribution in [1.82, 2.24) is 5.43 Å². The van der Waals surface area contributed by atoms with Gasteiger partial charge in [0.05, 0.1) is 6.21 Å². The molecule has 3 rings (SSSR count). The number of hydrazone groups is 1. The van der Waals surface area contributed by atoms with Crippen LogP contribution in [0.1, 0.15) is 27.0 Å². The van der Waals surface area contributed by atoms with Crippen LogP contribution in [-0.4, -0.2) is 12.1 Å². The number of nitrogens with zero attached hydrogens (tertiary/aromatic N) is 1. The molecule has 0 heterocycles. The summed E-state index contributed by atoms with van der Waals surface area (Å²) < 4.78 is 18.8. The minimum atomic E-state index is -0.359. The van der Waals surface area contributed by atoms with Crippen LogP contribution < -0.4 is 10.2 Å². The number of benzene rings is 3. The molecule has 0 aliphatic rings. The fraction of sp³-hybridized carbons (Fsp3) is 0.0909. The Morgan fingerprint density at radius 1 is 1.14 bits per heavy atom. The molecule has 0 aromatic heterocycles. The summed E-state index contributed by atoms with van der Waals surface area (Å²) in [5.74, 6) is 0.0192. The van der Waals surface area contributed by atoms with E-state index in [2.05, 4.69) is 10.5 Å². The maximum Gasteiger partial charge on any atom is 0.271 e. The number of halogens is 2. The first-order chi connectivity index (χ1) is 13.5. The largest absolute Gasteiger partial charge is 0.489 e. The Morgan fingerprint density at radius 2 is 1.93 bits per heavy atom. The normalized spacial score (nSPS) is 10.8. The molecule has 0 saturated carbocycles. The van der Waals surface area contributed by atoms with E-state index in [9.17, 15) is 9.18 Å². The Hall–Kier alpha value is -3.18. The van der Waals surface area contributed by atoms with Crippen molar-refractivity contribution in [3.63, 3.8) is 0 Å². The molecule has 6 heteroatoms. The zero-order valence-corrected chi connectivity index (χ0v) is 15.9. The van der Waals surface area contributed by atoms with Crippen LogP contribution in [0.15, 0.2) is 71.8 Å². The molecule has 142 valence electrons. The summed E-state index contributed by atoms with van der Waals surface area (Å²) in [7, 11) is 0. The van der Waals surface area contributed by atoms with Crippen molar-refractivity contribution in [3.05, 3.63) is 99.8 Å². The molecule has 1 N–H and O–H groups in total. The van der Waals surface area contributed by atoms with E-state index in [0.29, 0.717) is 22.8 Å². The van der Waals surface area contributed by atoms with E-state index in [1.165, 1.54) is 18.3 Å². The minimum absolute atomic E-state index is 0.353. The summed E-state index contributed by atoms with van der Waals surface area (Å²) in [5.41, 5.74) is 5.31. The molecule has 0 spiro atoms. The van der Waals surface area contributed by atoms with E-state index in [1.54, 1.807) is 30.3 Å². The Balaban J connectivity index is 1.54. The maximum absolute atomic E-state index is 13.1. The van der Waals surface area contributed by atoms with Crippen molar-refractivity contribution >= 4 is 23.7 Å². The van der Waals surface area contributed by atoms with Gasteiger partial charge in [0.25, 0.3) is 5.91 Å². The first-order valence-corrected chi connectivity index (χ1v) is 8.96. The van der Waals surface area contributed by atoms with Gasteiger partial charge >= 0.3 is 0 Å². The Labute approximate surface area is 167 Å². The molecule has 3 aromatic rings. The van der Waals surface area contributed by atoms with Gasteiger partial charge in [-0.05, 0) is 66.1 Å². The smallest absolute Gasteiger partial charge is 0.271 e. The van der Waals surface area contributed by atoms with Gasteiger partial charge in [-0.15, -0.1) is 0 Å². The van der Waals surface area contributed by atoms with Crippen LogP contribution in [0.3, 0.4) is 0 Å². The number of aryl methyl sites for hydroxylation is 1. The van der Waals surface area contributed by atoms with Crippen LogP contribution in [0.2, 0.25) is 5.02 Å². The lowest BCUT2D eigenvalue weighted by molar-refractivity contribution is 0.0955. The van der Waals surface area contributed by atoms with Crippen LogP contribution in [0.5, 0.6) is 5.75 Å². The van der Waals surface area contributed by atoms with Crippen molar-refractivity contribution in [3.8, 4) is 5.75 Å². The van der Waals surface area contributed by atoms with E-state index in [1.807, 2.05) is 31.2 Å². The fourth-order valence-corrected chi connectivity index (χ4v) is 2.56. The van der Waals surface area contributed by atoms with Gasteiger partial charge in [-0.1, -0.05) is 35.9 Å². The molecule has 0 radical (unpaired) electrons. The van der Waals surface area contributed by atoms with Crippen molar-refractivity contribution in [1.29, 1.82) is 0 Å². The van der Waals surface area contributed by atoms with Crippen molar-refractivity contribution < 1.29 is 13.9 Å².